The van der Waals surface area contributed by atoms with Gasteiger partial charge >= 0.3 is 0 Å². The van der Waals surface area contributed by atoms with Crippen molar-refractivity contribution < 1.29 is 27.9 Å². The third kappa shape index (κ3) is 4.73. The normalized spacial score (nSPS) is 18.3. The average Bonchev–Trinajstić information content (AvgIpc) is 3.23. The van der Waals surface area contributed by atoms with Crippen molar-refractivity contribution in [1.29, 1.82) is 0 Å². The molecule has 0 aliphatic carbocycles. The number of carbonyl (C=O) groups is 1. The number of fused-ring (bicyclic) bond motifs is 1. The van der Waals surface area contributed by atoms with Gasteiger partial charge in [-0.3, -0.25) is 10.0 Å². The number of carbonyl (C=O) groups excluding carboxylic acids is 1. The molecule has 28 heavy (non-hydrogen) atoms. The lowest BCUT2D eigenvalue weighted by molar-refractivity contribution is -0.154. The van der Waals surface area contributed by atoms with Crippen LogP contribution in [0.25, 0.3) is 0 Å². The molecule has 0 aromatic heterocycles. The Morgan fingerprint density at radius 3 is 2.89 bits per heavy atom. The minimum Gasteiger partial charge on any atom is -0.497 e. The molecule has 0 fully saturated rings. The monoisotopic (exact) mass is 408 g/mol. The fraction of sp³-hybridized carbons (Fsp3) is 0.421. The minimum atomic E-state index is -3.73. The zero-order chi connectivity index (χ0) is 20.1. The van der Waals surface area contributed by atoms with E-state index in [0.717, 1.165) is 17.5 Å². The molecular formula is C19H24N2O6S. The molecule has 1 aromatic rings. The zero-order valence-corrected chi connectivity index (χ0v) is 16.5. The molecule has 2 aliphatic heterocycles. The Hall–Kier alpha value is -2.36. The maximum Gasteiger partial charge on any atom is 0.233 e. The third-order valence-corrected chi connectivity index (χ3v) is 6.69. The van der Waals surface area contributed by atoms with Crippen LogP contribution in [-0.2, 0) is 32.5 Å². The van der Waals surface area contributed by atoms with E-state index >= 15 is 0 Å². The average molecular weight is 408 g/mol. The fourth-order valence-electron chi connectivity index (χ4n) is 3.25. The minimum absolute atomic E-state index is 0.199. The first-order valence-electron chi connectivity index (χ1n) is 9.00. The molecule has 0 saturated heterocycles. The summed E-state index contributed by atoms with van der Waals surface area (Å²) in [5, 5.41) is 10.2. The summed E-state index contributed by atoms with van der Waals surface area (Å²) in [6, 6.07) is 4.62. The van der Waals surface area contributed by atoms with Crippen molar-refractivity contribution in [2.45, 2.75) is 25.4 Å². The van der Waals surface area contributed by atoms with Gasteiger partial charge in [0.25, 0.3) is 0 Å². The maximum atomic E-state index is 12.9. The molecule has 0 bridgehead atoms. The summed E-state index contributed by atoms with van der Waals surface area (Å²) in [5.41, 5.74) is 1.98. The highest BCUT2D eigenvalue weighted by Crippen LogP contribution is 2.26. The highest BCUT2D eigenvalue weighted by Gasteiger charge is 2.30. The van der Waals surface area contributed by atoms with Gasteiger partial charge in [0.1, 0.15) is 11.5 Å². The lowest BCUT2D eigenvalue weighted by atomic mass is 10.0. The van der Waals surface area contributed by atoms with E-state index in [1.165, 1.54) is 10.4 Å². The molecule has 0 spiro atoms. The van der Waals surface area contributed by atoms with E-state index in [2.05, 4.69) is 0 Å². The molecule has 152 valence electrons. The predicted octanol–water partition coefficient (Wildman–Crippen LogP) is 1.46. The smallest absolute Gasteiger partial charge is 0.233 e. The highest BCUT2D eigenvalue weighted by molar-refractivity contribution is 7.89. The van der Waals surface area contributed by atoms with Crippen molar-refractivity contribution in [3.63, 3.8) is 0 Å². The summed E-state index contributed by atoms with van der Waals surface area (Å²) >= 11 is 0. The van der Waals surface area contributed by atoms with E-state index in [1.807, 2.05) is 24.3 Å². The van der Waals surface area contributed by atoms with Crippen LogP contribution < -0.4 is 4.74 Å². The van der Waals surface area contributed by atoms with E-state index in [-0.39, 0.29) is 13.0 Å². The molecule has 1 N–H and O–H groups in total. The molecular weight excluding hydrogens is 384 g/mol. The molecule has 0 radical (unpaired) electrons. The molecule has 8 nitrogen and oxygen atoms in total. The first kappa shape index (κ1) is 20.4. The van der Waals surface area contributed by atoms with Crippen molar-refractivity contribution in [3.8, 4) is 5.75 Å². The van der Waals surface area contributed by atoms with Gasteiger partial charge in [0.15, 0.2) is 0 Å². The second kappa shape index (κ2) is 8.76. The van der Waals surface area contributed by atoms with Crippen LogP contribution in [0.15, 0.2) is 42.2 Å². The van der Waals surface area contributed by atoms with Gasteiger partial charge in [-0.05, 0) is 41.8 Å². The van der Waals surface area contributed by atoms with Crippen LogP contribution in [0, 0.1) is 0 Å². The molecule has 2 aliphatic rings. The number of methoxy groups -OCH3 is 1. The Labute approximate surface area is 164 Å². The van der Waals surface area contributed by atoms with Gasteiger partial charge < -0.3 is 9.47 Å². The summed E-state index contributed by atoms with van der Waals surface area (Å²) in [4.78, 5) is 11.0. The second-order valence-corrected chi connectivity index (χ2v) is 8.67. The number of ether oxygens (including phenoxy) is 2. The van der Waals surface area contributed by atoms with Gasteiger partial charge in [0.05, 0.1) is 25.5 Å². The third-order valence-electron chi connectivity index (χ3n) is 4.83. The van der Waals surface area contributed by atoms with Crippen LogP contribution in [0.4, 0.5) is 0 Å². The number of benzene rings is 1. The number of sulfonamides is 1. The van der Waals surface area contributed by atoms with Gasteiger partial charge in [-0.2, -0.15) is 4.31 Å². The number of amides is 1. The highest BCUT2D eigenvalue weighted by atomic mass is 32.2. The Morgan fingerprint density at radius 2 is 2.21 bits per heavy atom. The predicted molar refractivity (Wildman–Crippen MR) is 102 cm³/mol. The van der Waals surface area contributed by atoms with Crippen LogP contribution in [0.5, 0.6) is 5.75 Å². The topological polar surface area (TPSA) is 96.4 Å². The van der Waals surface area contributed by atoms with E-state index in [1.54, 1.807) is 13.2 Å². The van der Waals surface area contributed by atoms with E-state index in [9.17, 15) is 18.4 Å². The summed E-state index contributed by atoms with van der Waals surface area (Å²) in [6.45, 7) is 1.14. The van der Waals surface area contributed by atoms with Crippen molar-refractivity contribution >= 4 is 16.4 Å². The lowest BCUT2D eigenvalue weighted by Crippen LogP contribution is -2.43. The quantitative estimate of drug-likeness (QED) is 0.397. The maximum absolute atomic E-state index is 12.9. The Balaban J connectivity index is 1.75. The molecule has 3 rings (SSSR count). The number of nitrogens with zero attached hydrogens (tertiary/aromatic N) is 2. The van der Waals surface area contributed by atoms with Gasteiger partial charge in [-0.25, -0.2) is 13.5 Å². The number of hydroxylamine groups is 2. The van der Waals surface area contributed by atoms with Crippen molar-refractivity contribution in [1.82, 2.24) is 9.37 Å². The molecule has 1 amide bonds. The largest absolute Gasteiger partial charge is 0.497 e. The summed E-state index contributed by atoms with van der Waals surface area (Å²) < 4.78 is 37.8. The number of hydrogen-bond donors (Lipinski definition) is 1. The van der Waals surface area contributed by atoms with Crippen LogP contribution in [0.2, 0.25) is 0 Å². The Kier molecular flexibility index (Phi) is 6.38. The Morgan fingerprint density at radius 1 is 1.39 bits per heavy atom. The molecule has 1 unspecified atom stereocenters. The molecule has 2 heterocycles. The summed E-state index contributed by atoms with van der Waals surface area (Å²) in [7, 11) is -2.16. The van der Waals surface area contributed by atoms with Crippen LogP contribution in [-0.4, -0.2) is 61.5 Å². The van der Waals surface area contributed by atoms with E-state index in [4.69, 9.17) is 9.47 Å². The molecule has 1 atom stereocenters. The van der Waals surface area contributed by atoms with Crippen LogP contribution in [0.3, 0.4) is 0 Å². The van der Waals surface area contributed by atoms with Crippen molar-refractivity contribution in [3.05, 3.63) is 53.3 Å². The second-order valence-electron chi connectivity index (χ2n) is 6.65. The first-order valence-corrected chi connectivity index (χ1v) is 10.6. The van der Waals surface area contributed by atoms with Gasteiger partial charge in [-0.15, -0.1) is 0 Å². The van der Waals surface area contributed by atoms with Crippen molar-refractivity contribution in [2.75, 3.05) is 26.0 Å². The van der Waals surface area contributed by atoms with Crippen molar-refractivity contribution in [2.24, 2.45) is 0 Å². The summed E-state index contributed by atoms with van der Waals surface area (Å²) in [5.74, 6) is 0.845. The van der Waals surface area contributed by atoms with Gasteiger partial charge in [-0.1, -0.05) is 12.1 Å². The van der Waals surface area contributed by atoms with Crippen LogP contribution >= 0.6 is 0 Å². The number of allylic oxidation sites excluding steroid dienone is 1. The molecule has 1 aromatic carbocycles. The number of hydrogen-bond acceptors (Lipinski definition) is 6. The standard InChI is InChI=1S/C19H24N2O6S/c1-26-19-6-4-15-8-9-20(12-16(15)11-19)28(24,25)13-17(21(23)14-22)5-7-18-3-2-10-27-18/h3-7,11,14,17,23H,2,8-10,12-13H2,1H3/b7-5+. The summed E-state index contributed by atoms with van der Waals surface area (Å²) in [6.07, 6.45) is 6.47. The van der Waals surface area contributed by atoms with E-state index < -0.39 is 21.8 Å². The Bertz CT molecular complexity index is 880. The van der Waals surface area contributed by atoms with E-state index in [0.29, 0.717) is 36.1 Å². The molecule has 9 heteroatoms. The molecule has 0 saturated carbocycles. The first-order chi connectivity index (χ1) is 13.4. The SMILES string of the molecule is COc1ccc2c(c1)CN(S(=O)(=O)CC(/C=C/C1=CCCO1)N(O)C=O)CC2. The fourth-order valence-corrected chi connectivity index (χ4v) is 4.86. The zero-order valence-electron chi connectivity index (χ0n) is 15.7. The van der Waals surface area contributed by atoms with Gasteiger partial charge in [0.2, 0.25) is 16.4 Å². The van der Waals surface area contributed by atoms with Gasteiger partial charge in [0, 0.05) is 19.5 Å². The number of rotatable bonds is 8. The van der Waals surface area contributed by atoms with Crippen LogP contribution in [0.1, 0.15) is 17.5 Å². The lowest BCUT2D eigenvalue weighted by Gasteiger charge is -2.30.